The largest absolute Gasteiger partial charge is 0.466 e. The molecule has 1 rings (SSSR count). The normalized spacial score (nSPS) is 22.3. The molecule has 1 aliphatic rings. The lowest BCUT2D eigenvalue weighted by molar-refractivity contribution is -0.150. The summed E-state index contributed by atoms with van der Waals surface area (Å²) >= 11 is 0. The van der Waals surface area contributed by atoms with E-state index in [0.717, 1.165) is 19.4 Å². The van der Waals surface area contributed by atoms with Gasteiger partial charge in [0.15, 0.2) is 0 Å². The molecule has 0 spiro atoms. The Kier molecular flexibility index (Phi) is 7.13. The maximum absolute atomic E-state index is 12.2. The fraction of sp³-hybridized carbons (Fsp3) is 0.875. The van der Waals surface area contributed by atoms with Crippen LogP contribution in [0, 0.1) is 5.92 Å². The van der Waals surface area contributed by atoms with Crippen molar-refractivity contribution in [1.82, 2.24) is 10.2 Å². The second-order valence-corrected chi connectivity index (χ2v) is 6.63. The number of nitrogens with one attached hydrogen (secondary N) is 1. The molecule has 0 saturated carbocycles. The molecule has 0 aromatic rings. The van der Waals surface area contributed by atoms with Crippen molar-refractivity contribution in [3.8, 4) is 0 Å². The van der Waals surface area contributed by atoms with E-state index in [1.54, 1.807) is 11.8 Å². The van der Waals surface area contributed by atoms with Crippen LogP contribution in [0.3, 0.4) is 0 Å². The zero-order chi connectivity index (χ0) is 16.8. The number of likely N-dealkylation sites (tertiary alicyclic amines) is 1. The van der Waals surface area contributed by atoms with Crippen molar-refractivity contribution in [3.63, 3.8) is 0 Å². The Balaban J connectivity index is 2.72. The van der Waals surface area contributed by atoms with Crippen LogP contribution < -0.4 is 5.32 Å². The van der Waals surface area contributed by atoms with Crippen LogP contribution in [0.15, 0.2) is 0 Å². The van der Waals surface area contributed by atoms with E-state index in [4.69, 9.17) is 9.47 Å². The fourth-order valence-corrected chi connectivity index (χ4v) is 2.51. The van der Waals surface area contributed by atoms with E-state index in [9.17, 15) is 9.59 Å². The number of esters is 1. The molecule has 1 heterocycles. The van der Waals surface area contributed by atoms with Crippen molar-refractivity contribution in [1.29, 1.82) is 0 Å². The summed E-state index contributed by atoms with van der Waals surface area (Å²) in [4.78, 5) is 26.0. The molecular formula is C16H30N2O4. The molecule has 0 aromatic heterocycles. The number of piperidine rings is 1. The quantitative estimate of drug-likeness (QED) is 0.788. The lowest BCUT2D eigenvalue weighted by atomic mass is 9.92. The Morgan fingerprint density at radius 1 is 1.27 bits per heavy atom. The van der Waals surface area contributed by atoms with Gasteiger partial charge in [-0.2, -0.15) is 0 Å². The Morgan fingerprint density at radius 2 is 1.95 bits per heavy atom. The van der Waals surface area contributed by atoms with Gasteiger partial charge in [0.2, 0.25) is 0 Å². The lowest BCUT2D eigenvalue weighted by Gasteiger charge is -2.38. The number of carbonyl (C=O) groups is 2. The standard InChI is InChI=1S/C16H30N2O4/c1-6-9-17-13-8-10-18(15(20)22-16(3,4)5)11-12(13)14(19)21-7-2/h12-13,17H,6-11H2,1-5H3/t12-,13+/m1/s1. The number of amides is 1. The van der Waals surface area contributed by atoms with Gasteiger partial charge in [-0.1, -0.05) is 6.92 Å². The molecule has 1 fully saturated rings. The highest BCUT2D eigenvalue weighted by Crippen LogP contribution is 2.21. The number of nitrogens with zero attached hydrogens (tertiary/aromatic N) is 1. The molecule has 0 aliphatic carbocycles. The van der Waals surface area contributed by atoms with Crippen molar-refractivity contribution in [2.75, 3.05) is 26.2 Å². The van der Waals surface area contributed by atoms with Gasteiger partial charge < -0.3 is 19.7 Å². The van der Waals surface area contributed by atoms with Crippen molar-refractivity contribution in [3.05, 3.63) is 0 Å². The van der Waals surface area contributed by atoms with E-state index < -0.39 is 5.60 Å². The monoisotopic (exact) mass is 314 g/mol. The zero-order valence-electron chi connectivity index (χ0n) is 14.5. The number of carbonyl (C=O) groups excluding carboxylic acids is 2. The molecule has 1 aliphatic heterocycles. The van der Waals surface area contributed by atoms with Crippen LogP contribution in [0.1, 0.15) is 47.5 Å². The minimum absolute atomic E-state index is 0.0534. The van der Waals surface area contributed by atoms with Gasteiger partial charge in [-0.25, -0.2) is 4.79 Å². The summed E-state index contributed by atoms with van der Waals surface area (Å²) in [6.45, 7) is 11.5. The van der Waals surface area contributed by atoms with Crippen LogP contribution in [0.2, 0.25) is 0 Å². The van der Waals surface area contributed by atoms with E-state index >= 15 is 0 Å². The van der Waals surface area contributed by atoms with Crippen LogP contribution >= 0.6 is 0 Å². The summed E-state index contributed by atoms with van der Waals surface area (Å²) in [5, 5.41) is 3.39. The highest BCUT2D eigenvalue weighted by molar-refractivity contribution is 5.75. The third-order valence-corrected chi connectivity index (χ3v) is 3.51. The molecule has 0 unspecified atom stereocenters. The van der Waals surface area contributed by atoms with Gasteiger partial charge in [-0.3, -0.25) is 4.79 Å². The highest BCUT2D eigenvalue weighted by atomic mass is 16.6. The maximum Gasteiger partial charge on any atom is 0.410 e. The van der Waals surface area contributed by atoms with Gasteiger partial charge >= 0.3 is 12.1 Å². The molecule has 1 amide bonds. The average Bonchev–Trinajstić information content (AvgIpc) is 2.43. The Labute approximate surface area is 133 Å². The van der Waals surface area contributed by atoms with E-state index in [2.05, 4.69) is 12.2 Å². The first-order valence-electron chi connectivity index (χ1n) is 8.16. The number of hydrogen-bond donors (Lipinski definition) is 1. The molecule has 22 heavy (non-hydrogen) atoms. The third kappa shape index (κ3) is 5.83. The summed E-state index contributed by atoms with van der Waals surface area (Å²) in [5.41, 5.74) is -0.534. The predicted molar refractivity (Wildman–Crippen MR) is 84.6 cm³/mol. The van der Waals surface area contributed by atoms with E-state index in [0.29, 0.717) is 19.7 Å². The van der Waals surface area contributed by atoms with Gasteiger partial charge in [0.1, 0.15) is 5.60 Å². The highest BCUT2D eigenvalue weighted by Gasteiger charge is 2.37. The Morgan fingerprint density at radius 3 is 2.50 bits per heavy atom. The van der Waals surface area contributed by atoms with E-state index in [-0.39, 0.29) is 24.0 Å². The molecule has 0 aromatic carbocycles. The van der Waals surface area contributed by atoms with Crippen molar-refractivity contribution >= 4 is 12.1 Å². The van der Waals surface area contributed by atoms with Crippen LogP contribution in [0.25, 0.3) is 0 Å². The van der Waals surface area contributed by atoms with Crippen molar-refractivity contribution < 1.29 is 19.1 Å². The smallest absolute Gasteiger partial charge is 0.410 e. The molecule has 6 heteroatoms. The van der Waals surface area contributed by atoms with E-state index in [1.165, 1.54) is 0 Å². The summed E-state index contributed by atoms with van der Waals surface area (Å²) in [6.07, 6.45) is 1.36. The van der Waals surface area contributed by atoms with Crippen LogP contribution in [0.4, 0.5) is 4.79 Å². The predicted octanol–water partition coefficient (Wildman–Crippen LogP) is 2.17. The Bertz CT molecular complexity index is 379. The van der Waals surface area contributed by atoms with Crippen LogP contribution in [-0.2, 0) is 14.3 Å². The van der Waals surface area contributed by atoms with E-state index in [1.807, 2.05) is 20.8 Å². The Hall–Kier alpha value is -1.30. The summed E-state index contributed by atoms with van der Waals surface area (Å²) in [6, 6.07) is 0.0534. The minimum Gasteiger partial charge on any atom is -0.466 e. The maximum atomic E-state index is 12.2. The molecule has 1 N–H and O–H groups in total. The number of ether oxygens (including phenoxy) is 2. The third-order valence-electron chi connectivity index (χ3n) is 3.51. The number of hydrogen-bond acceptors (Lipinski definition) is 5. The second kappa shape index (κ2) is 8.36. The summed E-state index contributed by atoms with van der Waals surface area (Å²) in [7, 11) is 0. The molecule has 0 bridgehead atoms. The topological polar surface area (TPSA) is 67.9 Å². The summed E-state index contributed by atoms with van der Waals surface area (Å²) in [5.74, 6) is -0.586. The molecule has 128 valence electrons. The van der Waals surface area contributed by atoms with Gasteiger partial charge in [0, 0.05) is 19.1 Å². The number of rotatable bonds is 5. The van der Waals surface area contributed by atoms with Crippen molar-refractivity contribution in [2.45, 2.75) is 59.1 Å². The van der Waals surface area contributed by atoms with Crippen LogP contribution in [-0.4, -0.2) is 54.8 Å². The molecule has 0 radical (unpaired) electrons. The van der Waals surface area contributed by atoms with Gasteiger partial charge in [-0.15, -0.1) is 0 Å². The zero-order valence-corrected chi connectivity index (χ0v) is 14.5. The molecular weight excluding hydrogens is 284 g/mol. The van der Waals surface area contributed by atoms with Gasteiger partial charge in [-0.05, 0) is 47.1 Å². The molecule has 1 saturated heterocycles. The van der Waals surface area contributed by atoms with Crippen LogP contribution in [0.5, 0.6) is 0 Å². The first kappa shape index (κ1) is 18.7. The van der Waals surface area contributed by atoms with Gasteiger partial charge in [0.25, 0.3) is 0 Å². The molecule has 6 nitrogen and oxygen atoms in total. The average molecular weight is 314 g/mol. The second-order valence-electron chi connectivity index (χ2n) is 6.63. The SMILES string of the molecule is CCCN[C@H]1CCN(C(=O)OC(C)(C)C)C[C@H]1C(=O)OCC. The van der Waals surface area contributed by atoms with Gasteiger partial charge in [0.05, 0.1) is 12.5 Å². The first-order valence-corrected chi connectivity index (χ1v) is 8.16. The lowest BCUT2D eigenvalue weighted by Crippen LogP contribution is -2.54. The minimum atomic E-state index is -0.534. The van der Waals surface area contributed by atoms with Crippen molar-refractivity contribution in [2.24, 2.45) is 5.92 Å². The first-order chi connectivity index (χ1) is 10.3. The fourth-order valence-electron chi connectivity index (χ4n) is 2.51. The molecule has 2 atom stereocenters. The summed E-state index contributed by atoms with van der Waals surface area (Å²) < 4.78 is 10.6.